The summed E-state index contributed by atoms with van der Waals surface area (Å²) in [4.78, 5) is 0. The van der Waals surface area contributed by atoms with Gasteiger partial charge in [0.25, 0.3) is 0 Å². The van der Waals surface area contributed by atoms with Crippen LogP contribution >= 0.6 is 22.6 Å². The second-order valence-electron chi connectivity index (χ2n) is 1.72. The smallest absolute Gasteiger partial charge is 0.131 e. The van der Waals surface area contributed by atoms with Gasteiger partial charge in [-0.15, -0.1) is 0 Å². The first-order valence-corrected chi connectivity index (χ1v) is 3.56. The normalized spacial score (nSPS) is 10.1. The molecule has 0 bridgehead atoms. The lowest BCUT2D eigenvalue weighted by Gasteiger charge is -1.90. The number of halogens is 2. The van der Waals surface area contributed by atoms with Crippen molar-refractivity contribution in [2.45, 2.75) is 6.67 Å². The van der Waals surface area contributed by atoms with Crippen molar-refractivity contribution in [3.63, 3.8) is 0 Å². The van der Waals surface area contributed by atoms with E-state index in [0.29, 0.717) is 5.69 Å². The molecular weight excluding hydrogens is 234 g/mol. The molecule has 0 atom stereocenters. The molecule has 2 nitrogen and oxygen atoms in total. The second-order valence-corrected chi connectivity index (χ2v) is 2.82. The van der Waals surface area contributed by atoms with E-state index in [4.69, 9.17) is 0 Å². The fourth-order valence-electron chi connectivity index (χ4n) is 0.592. The Kier molecular flexibility index (Phi) is 2.05. The van der Waals surface area contributed by atoms with Gasteiger partial charge in [0.1, 0.15) is 10.4 Å². The molecule has 0 spiro atoms. The summed E-state index contributed by atoms with van der Waals surface area (Å²) in [6.07, 6.45) is 0. The number of hydrogen-bond acceptors (Lipinski definition) is 1. The van der Waals surface area contributed by atoms with E-state index in [2.05, 4.69) is 27.7 Å². The molecule has 0 saturated heterocycles. The van der Waals surface area contributed by atoms with E-state index in [9.17, 15) is 4.39 Å². The van der Waals surface area contributed by atoms with Crippen molar-refractivity contribution in [1.29, 1.82) is 0 Å². The van der Waals surface area contributed by atoms with Crippen LogP contribution in [0.15, 0.2) is 6.07 Å². The molecule has 50 valence electrons. The molecule has 0 amide bonds. The van der Waals surface area contributed by atoms with Gasteiger partial charge in [-0.05, 0) is 28.7 Å². The maximum atomic E-state index is 11.9. The first-order valence-electron chi connectivity index (χ1n) is 2.48. The third-order valence-electron chi connectivity index (χ3n) is 1.08. The van der Waals surface area contributed by atoms with Crippen molar-refractivity contribution in [3.8, 4) is 0 Å². The molecule has 0 aromatic carbocycles. The highest BCUT2D eigenvalue weighted by Crippen LogP contribution is 2.05. The van der Waals surface area contributed by atoms with E-state index in [1.807, 2.05) is 0 Å². The summed E-state index contributed by atoms with van der Waals surface area (Å²) in [6.45, 7) is -0.438. The Morgan fingerprint density at radius 2 is 2.56 bits per heavy atom. The molecular formula is C5H6FIN2. The van der Waals surface area contributed by atoms with Gasteiger partial charge < -0.3 is 0 Å². The van der Waals surface area contributed by atoms with Crippen molar-refractivity contribution in [2.24, 2.45) is 7.05 Å². The van der Waals surface area contributed by atoms with Crippen LogP contribution in [0.2, 0.25) is 0 Å². The fourth-order valence-corrected chi connectivity index (χ4v) is 1.28. The van der Waals surface area contributed by atoms with Gasteiger partial charge in [-0.3, -0.25) is 4.68 Å². The average molecular weight is 240 g/mol. The van der Waals surface area contributed by atoms with Crippen molar-refractivity contribution in [3.05, 3.63) is 15.5 Å². The maximum Gasteiger partial charge on any atom is 0.131 e. The van der Waals surface area contributed by atoms with Crippen molar-refractivity contribution in [2.75, 3.05) is 0 Å². The third kappa shape index (κ3) is 1.41. The lowest BCUT2D eigenvalue weighted by atomic mass is 10.5. The molecule has 0 radical (unpaired) electrons. The summed E-state index contributed by atoms with van der Waals surface area (Å²) in [5.41, 5.74) is 0.624. The SMILES string of the molecule is Cn1nc(I)cc1CF. The summed E-state index contributed by atoms with van der Waals surface area (Å²) >= 11 is 2.05. The van der Waals surface area contributed by atoms with Crippen LogP contribution in [-0.2, 0) is 13.7 Å². The van der Waals surface area contributed by atoms with Gasteiger partial charge in [-0.2, -0.15) is 5.10 Å². The van der Waals surface area contributed by atoms with Gasteiger partial charge in [0.15, 0.2) is 0 Å². The topological polar surface area (TPSA) is 17.8 Å². The van der Waals surface area contributed by atoms with Crippen molar-refractivity contribution >= 4 is 22.6 Å². The van der Waals surface area contributed by atoms with E-state index in [0.717, 1.165) is 3.70 Å². The highest BCUT2D eigenvalue weighted by atomic mass is 127. The van der Waals surface area contributed by atoms with E-state index in [1.54, 1.807) is 17.8 Å². The first-order chi connectivity index (χ1) is 4.24. The van der Waals surface area contributed by atoms with E-state index < -0.39 is 6.67 Å². The number of aryl methyl sites for hydroxylation is 1. The number of alkyl halides is 1. The predicted molar refractivity (Wildman–Crippen MR) is 40.7 cm³/mol. The van der Waals surface area contributed by atoms with Gasteiger partial charge in [-0.25, -0.2) is 4.39 Å². The first kappa shape index (κ1) is 6.98. The molecule has 0 aliphatic rings. The largest absolute Gasteiger partial charge is 0.269 e. The molecule has 1 heterocycles. The number of aromatic nitrogens is 2. The molecule has 0 aliphatic carbocycles. The predicted octanol–water partition coefficient (Wildman–Crippen LogP) is 1.49. The minimum atomic E-state index is -0.438. The van der Waals surface area contributed by atoms with Gasteiger partial charge in [0, 0.05) is 7.05 Å². The Hall–Kier alpha value is -0.130. The van der Waals surface area contributed by atoms with Gasteiger partial charge in [-0.1, -0.05) is 0 Å². The zero-order valence-electron chi connectivity index (χ0n) is 4.93. The zero-order chi connectivity index (χ0) is 6.85. The summed E-state index contributed by atoms with van der Waals surface area (Å²) in [6, 6.07) is 1.72. The van der Waals surface area contributed by atoms with Crippen molar-refractivity contribution in [1.82, 2.24) is 9.78 Å². The molecule has 1 aromatic heterocycles. The molecule has 4 heteroatoms. The Morgan fingerprint density at radius 1 is 1.89 bits per heavy atom. The highest BCUT2D eigenvalue weighted by Gasteiger charge is 1.99. The third-order valence-corrected chi connectivity index (χ3v) is 1.61. The lowest BCUT2D eigenvalue weighted by Crippen LogP contribution is -1.94. The van der Waals surface area contributed by atoms with E-state index in [1.165, 1.54) is 0 Å². The summed E-state index contributed by atoms with van der Waals surface area (Å²) < 4.78 is 14.3. The summed E-state index contributed by atoms with van der Waals surface area (Å²) in [5.74, 6) is 0. The van der Waals surface area contributed by atoms with Gasteiger partial charge in [0.2, 0.25) is 0 Å². The van der Waals surface area contributed by atoms with Gasteiger partial charge in [0.05, 0.1) is 5.69 Å². The fraction of sp³-hybridized carbons (Fsp3) is 0.400. The van der Waals surface area contributed by atoms with Gasteiger partial charge >= 0.3 is 0 Å². The van der Waals surface area contributed by atoms with E-state index >= 15 is 0 Å². The minimum absolute atomic E-state index is 0.438. The number of rotatable bonds is 1. The molecule has 0 N–H and O–H groups in total. The van der Waals surface area contributed by atoms with Crippen molar-refractivity contribution < 1.29 is 4.39 Å². The van der Waals surface area contributed by atoms with Crippen LogP contribution in [-0.4, -0.2) is 9.78 Å². The molecule has 0 fully saturated rings. The summed E-state index contributed by atoms with van der Waals surface area (Å²) in [5, 5.41) is 3.95. The van der Waals surface area contributed by atoms with Crippen LogP contribution in [0.5, 0.6) is 0 Å². The molecule has 1 rings (SSSR count). The minimum Gasteiger partial charge on any atom is -0.269 e. The molecule has 1 aromatic rings. The van der Waals surface area contributed by atoms with Crippen LogP contribution in [0.3, 0.4) is 0 Å². The Labute approximate surface area is 66.2 Å². The van der Waals surface area contributed by atoms with Crippen LogP contribution in [0.1, 0.15) is 5.69 Å². The highest BCUT2D eigenvalue weighted by molar-refractivity contribution is 14.1. The summed E-state index contributed by atoms with van der Waals surface area (Å²) in [7, 11) is 1.73. The van der Waals surface area contributed by atoms with E-state index in [-0.39, 0.29) is 0 Å². The Bertz CT molecular complexity index is 209. The molecule has 0 saturated carbocycles. The number of nitrogens with zero attached hydrogens (tertiary/aromatic N) is 2. The zero-order valence-corrected chi connectivity index (χ0v) is 7.09. The van der Waals surface area contributed by atoms with Crippen LogP contribution in [0.4, 0.5) is 4.39 Å². The molecule has 9 heavy (non-hydrogen) atoms. The quantitative estimate of drug-likeness (QED) is 0.680. The lowest BCUT2D eigenvalue weighted by molar-refractivity contribution is 0.458. The maximum absolute atomic E-state index is 11.9. The standard InChI is InChI=1S/C5H6FIN2/c1-9-4(3-6)2-5(7)8-9/h2H,3H2,1H3. The Morgan fingerprint density at radius 3 is 2.78 bits per heavy atom. The van der Waals surface area contributed by atoms with Crippen LogP contribution in [0.25, 0.3) is 0 Å². The van der Waals surface area contributed by atoms with Crippen LogP contribution in [0, 0.1) is 3.70 Å². The van der Waals surface area contributed by atoms with Crippen LogP contribution < -0.4 is 0 Å². The average Bonchev–Trinajstić information content (AvgIpc) is 2.10. The Balaban J connectivity index is 3.01. The monoisotopic (exact) mass is 240 g/mol. The molecule has 0 unspecified atom stereocenters. The second kappa shape index (κ2) is 2.64. The molecule has 0 aliphatic heterocycles. The number of hydrogen-bond donors (Lipinski definition) is 0.